The Balaban J connectivity index is 2.31. The molecule has 0 heterocycles. The van der Waals surface area contributed by atoms with Gasteiger partial charge in [-0.05, 0) is 49.4 Å². The Labute approximate surface area is 106 Å². The van der Waals surface area contributed by atoms with Crippen molar-refractivity contribution in [3.05, 3.63) is 11.6 Å². The van der Waals surface area contributed by atoms with Gasteiger partial charge in [0.25, 0.3) is 0 Å². The van der Waals surface area contributed by atoms with E-state index in [0.29, 0.717) is 17.1 Å². The van der Waals surface area contributed by atoms with Crippen molar-refractivity contribution < 1.29 is 4.79 Å². The van der Waals surface area contributed by atoms with E-state index in [2.05, 4.69) is 33.8 Å². The SMILES string of the molecule is CC(=O)C1CC2=CCCC(C)(C)C2CC1(C)C. The molecule has 1 heteroatoms. The second-order valence-electron chi connectivity index (χ2n) is 7.42. The fraction of sp³-hybridized carbons (Fsp3) is 0.812. The van der Waals surface area contributed by atoms with Gasteiger partial charge in [-0.2, -0.15) is 0 Å². The highest BCUT2D eigenvalue weighted by Gasteiger charge is 2.46. The number of allylic oxidation sites excluding steroid dienone is 2. The van der Waals surface area contributed by atoms with Crippen LogP contribution in [0, 0.1) is 22.7 Å². The Bertz CT molecular complexity index is 360. The average molecular weight is 234 g/mol. The van der Waals surface area contributed by atoms with Gasteiger partial charge in [-0.15, -0.1) is 0 Å². The van der Waals surface area contributed by atoms with Crippen molar-refractivity contribution in [3.63, 3.8) is 0 Å². The van der Waals surface area contributed by atoms with E-state index in [4.69, 9.17) is 0 Å². The Morgan fingerprint density at radius 2 is 1.88 bits per heavy atom. The highest BCUT2D eigenvalue weighted by molar-refractivity contribution is 5.79. The van der Waals surface area contributed by atoms with Gasteiger partial charge < -0.3 is 0 Å². The molecule has 1 nitrogen and oxygen atoms in total. The number of carbonyl (C=O) groups is 1. The average Bonchev–Trinajstić information content (AvgIpc) is 2.17. The van der Waals surface area contributed by atoms with Crippen LogP contribution in [0.5, 0.6) is 0 Å². The summed E-state index contributed by atoms with van der Waals surface area (Å²) in [6, 6.07) is 0. The van der Waals surface area contributed by atoms with E-state index in [-0.39, 0.29) is 11.3 Å². The third-order valence-corrected chi connectivity index (χ3v) is 5.19. The minimum absolute atomic E-state index is 0.169. The molecule has 0 N–H and O–H groups in total. The zero-order valence-electron chi connectivity index (χ0n) is 12.0. The summed E-state index contributed by atoms with van der Waals surface area (Å²) < 4.78 is 0. The van der Waals surface area contributed by atoms with Crippen LogP contribution in [0.3, 0.4) is 0 Å². The van der Waals surface area contributed by atoms with E-state index in [1.165, 1.54) is 19.3 Å². The van der Waals surface area contributed by atoms with E-state index in [1.807, 2.05) is 0 Å². The zero-order chi connectivity index (χ0) is 12.8. The van der Waals surface area contributed by atoms with Crippen LogP contribution in [0.15, 0.2) is 11.6 Å². The van der Waals surface area contributed by atoms with E-state index < -0.39 is 0 Å². The molecular formula is C16H26O. The monoisotopic (exact) mass is 234 g/mol. The molecule has 0 aliphatic heterocycles. The number of Topliss-reactive ketones (excluding diaryl/α,β-unsaturated/α-hetero) is 1. The quantitative estimate of drug-likeness (QED) is 0.616. The van der Waals surface area contributed by atoms with Crippen LogP contribution < -0.4 is 0 Å². The maximum absolute atomic E-state index is 11.8. The molecule has 2 aliphatic rings. The van der Waals surface area contributed by atoms with Gasteiger partial charge in [-0.25, -0.2) is 0 Å². The van der Waals surface area contributed by atoms with E-state index in [0.717, 1.165) is 6.42 Å². The van der Waals surface area contributed by atoms with Crippen LogP contribution in [-0.4, -0.2) is 5.78 Å². The van der Waals surface area contributed by atoms with Crippen molar-refractivity contribution in [3.8, 4) is 0 Å². The van der Waals surface area contributed by atoms with Crippen LogP contribution >= 0.6 is 0 Å². The van der Waals surface area contributed by atoms with Gasteiger partial charge >= 0.3 is 0 Å². The predicted octanol–water partition coefficient (Wildman–Crippen LogP) is 4.37. The summed E-state index contributed by atoms with van der Waals surface area (Å²) in [7, 11) is 0. The summed E-state index contributed by atoms with van der Waals surface area (Å²) in [5, 5.41) is 0. The first kappa shape index (κ1) is 12.9. The third-order valence-electron chi connectivity index (χ3n) is 5.19. The molecule has 0 aromatic carbocycles. The molecule has 0 radical (unpaired) electrons. The van der Waals surface area contributed by atoms with E-state index in [1.54, 1.807) is 12.5 Å². The van der Waals surface area contributed by atoms with E-state index >= 15 is 0 Å². The normalized spacial score (nSPS) is 34.8. The lowest BCUT2D eigenvalue weighted by atomic mass is 9.54. The van der Waals surface area contributed by atoms with Crippen LogP contribution in [0.2, 0.25) is 0 Å². The smallest absolute Gasteiger partial charge is 0.133 e. The fourth-order valence-electron chi connectivity index (χ4n) is 3.96. The number of hydrogen-bond acceptors (Lipinski definition) is 1. The zero-order valence-corrected chi connectivity index (χ0v) is 12.0. The Hall–Kier alpha value is -0.590. The van der Waals surface area contributed by atoms with E-state index in [9.17, 15) is 4.79 Å². The molecule has 2 rings (SSSR count). The van der Waals surface area contributed by atoms with Crippen molar-refractivity contribution in [1.29, 1.82) is 0 Å². The topological polar surface area (TPSA) is 17.1 Å². The van der Waals surface area contributed by atoms with Gasteiger partial charge in [0.05, 0.1) is 0 Å². The molecule has 1 fully saturated rings. The molecule has 0 aromatic rings. The minimum Gasteiger partial charge on any atom is -0.300 e. The second-order valence-corrected chi connectivity index (χ2v) is 7.42. The van der Waals surface area contributed by atoms with Gasteiger partial charge in [-0.3, -0.25) is 4.79 Å². The molecule has 0 saturated heterocycles. The molecular weight excluding hydrogens is 208 g/mol. The minimum atomic E-state index is 0.169. The first-order valence-electron chi connectivity index (χ1n) is 6.93. The van der Waals surface area contributed by atoms with Gasteiger partial charge in [0.2, 0.25) is 0 Å². The molecule has 0 spiro atoms. The first-order chi connectivity index (χ1) is 7.74. The van der Waals surface area contributed by atoms with Gasteiger partial charge in [0.15, 0.2) is 0 Å². The summed E-state index contributed by atoms with van der Waals surface area (Å²) in [6.07, 6.45) is 7.10. The number of carbonyl (C=O) groups excluding carboxylic acids is 1. The van der Waals surface area contributed by atoms with Gasteiger partial charge in [0, 0.05) is 5.92 Å². The Morgan fingerprint density at radius 1 is 1.24 bits per heavy atom. The third kappa shape index (κ3) is 2.21. The lowest BCUT2D eigenvalue weighted by Gasteiger charge is -2.50. The maximum Gasteiger partial charge on any atom is 0.133 e. The lowest BCUT2D eigenvalue weighted by Crippen LogP contribution is -2.43. The van der Waals surface area contributed by atoms with Gasteiger partial charge in [-0.1, -0.05) is 39.3 Å². The van der Waals surface area contributed by atoms with Crippen molar-refractivity contribution in [2.45, 2.75) is 60.3 Å². The van der Waals surface area contributed by atoms with Crippen LogP contribution in [0.1, 0.15) is 60.3 Å². The summed E-state index contributed by atoms with van der Waals surface area (Å²) in [4.78, 5) is 11.8. The molecule has 1 saturated carbocycles. The van der Waals surface area contributed by atoms with Crippen molar-refractivity contribution >= 4 is 5.78 Å². The molecule has 17 heavy (non-hydrogen) atoms. The number of hydrogen-bond donors (Lipinski definition) is 0. The van der Waals surface area contributed by atoms with Gasteiger partial charge in [0.1, 0.15) is 5.78 Å². The molecule has 2 aliphatic carbocycles. The largest absolute Gasteiger partial charge is 0.300 e. The maximum atomic E-state index is 11.8. The fourth-order valence-corrected chi connectivity index (χ4v) is 3.96. The van der Waals surface area contributed by atoms with Crippen molar-refractivity contribution in [2.24, 2.45) is 22.7 Å². The highest BCUT2D eigenvalue weighted by atomic mass is 16.1. The molecule has 0 aromatic heterocycles. The summed E-state index contributed by atoms with van der Waals surface area (Å²) >= 11 is 0. The first-order valence-corrected chi connectivity index (χ1v) is 6.93. The molecule has 0 bridgehead atoms. The Morgan fingerprint density at radius 3 is 2.47 bits per heavy atom. The van der Waals surface area contributed by atoms with Crippen LogP contribution in [0.4, 0.5) is 0 Å². The summed E-state index contributed by atoms with van der Waals surface area (Å²) in [6.45, 7) is 11.1. The molecule has 2 unspecified atom stereocenters. The van der Waals surface area contributed by atoms with Crippen LogP contribution in [0.25, 0.3) is 0 Å². The second kappa shape index (κ2) is 3.96. The molecule has 96 valence electrons. The lowest BCUT2D eigenvalue weighted by molar-refractivity contribution is -0.126. The van der Waals surface area contributed by atoms with Crippen molar-refractivity contribution in [2.75, 3.05) is 0 Å². The standard InChI is InChI=1S/C16H26O/c1-11(17)13-9-12-7-6-8-15(2,3)14(12)10-16(13,4)5/h7,13-14H,6,8-10H2,1-5H3. The summed E-state index contributed by atoms with van der Waals surface area (Å²) in [5.74, 6) is 1.30. The Kier molecular flexibility index (Phi) is 3.00. The van der Waals surface area contributed by atoms with Crippen LogP contribution in [-0.2, 0) is 4.79 Å². The number of fused-ring (bicyclic) bond motifs is 1. The summed E-state index contributed by atoms with van der Waals surface area (Å²) in [5.41, 5.74) is 2.16. The molecule has 0 amide bonds. The molecule has 2 atom stereocenters. The number of rotatable bonds is 1. The van der Waals surface area contributed by atoms with Crippen molar-refractivity contribution in [1.82, 2.24) is 0 Å². The highest BCUT2D eigenvalue weighted by Crippen LogP contribution is 2.55. The number of ketones is 1. The predicted molar refractivity (Wildman–Crippen MR) is 71.8 cm³/mol.